The van der Waals surface area contributed by atoms with Crippen LogP contribution in [0.2, 0.25) is 0 Å². The first-order valence-electron chi connectivity index (χ1n) is 8.98. The van der Waals surface area contributed by atoms with E-state index >= 15 is 0 Å². The average Bonchev–Trinajstić information content (AvgIpc) is 3.10. The lowest BCUT2D eigenvalue weighted by atomic mass is 10.1. The normalized spacial score (nSPS) is 11.5. The van der Waals surface area contributed by atoms with Crippen molar-refractivity contribution in [2.45, 2.75) is 40.2 Å². The van der Waals surface area contributed by atoms with Gasteiger partial charge < -0.3 is 9.47 Å². The van der Waals surface area contributed by atoms with E-state index in [4.69, 9.17) is 9.47 Å². The molecule has 0 saturated carbocycles. The van der Waals surface area contributed by atoms with E-state index < -0.39 is 0 Å². The Labute approximate surface area is 155 Å². The lowest BCUT2D eigenvalue weighted by molar-refractivity contribution is 0.104. The quantitative estimate of drug-likeness (QED) is 0.479. The number of aromatic nitrogens is 2. The van der Waals surface area contributed by atoms with E-state index in [2.05, 4.69) is 18.9 Å². The first kappa shape index (κ1) is 19.8. The third-order valence-electron chi connectivity index (χ3n) is 3.98. The minimum atomic E-state index is -0.0758. The van der Waals surface area contributed by atoms with E-state index in [1.54, 1.807) is 36.3 Å². The van der Waals surface area contributed by atoms with Gasteiger partial charge in [0.25, 0.3) is 0 Å². The van der Waals surface area contributed by atoms with Crippen LogP contribution in [0.15, 0.2) is 36.7 Å². The van der Waals surface area contributed by atoms with Gasteiger partial charge in [-0.15, -0.1) is 0 Å². The Balaban J connectivity index is 2.05. The van der Waals surface area contributed by atoms with Gasteiger partial charge in [-0.1, -0.05) is 26.0 Å². The van der Waals surface area contributed by atoms with Crippen molar-refractivity contribution in [1.82, 2.24) is 9.78 Å². The van der Waals surface area contributed by atoms with Crippen molar-refractivity contribution in [3.05, 3.63) is 47.8 Å². The first-order chi connectivity index (χ1) is 12.4. The molecule has 0 saturated heterocycles. The molecule has 0 spiro atoms. The number of ether oxygens (including phenoxy) is 2. The van der Waals surface area contributed by atoms with Gasteiger partial charge >= 0.3 is 0 Å². The molecule has 1 aromatic carbocycles. The summed E-state index contributed by atoms with van der Waals surface area (Å²) >= 11 is 0. The summed E-state index contributed by atoms with van der Waals surface area (Å²) in [5.74, 6) is 1.90. The van der Waals surface area contributed by atoms with Crippen molar-refractivity contribution >= 4 is 11.9 Å². The van der Waals surface area contributed by atoms with Gasteiger partial charge in [0, 0.05) is 12.2 Å². The van der Waals surface area contributed by atoms with Gasteiger partial charge in [-0.2, -0.15) is 5.10 Å². The lowest BCUT2D eigenvalue weighted by Crippen LogP contribution is -2.02. The van der Waals surface area contributed by atoms with Crippen molar-refractivity contribution in [2.75, 3.05) is 13.7 Å². The van der Waals surface area contributed by atoms with Crippen LogP contribution in [-0.2, 0) is 0 Å². The molecular weight excluding hydrogens is 328 g/mol. The van der Waals surface area contributed by atoms with Crippen LogP contribution in [0.5, 0.6) is 11.5 Å². The van der Waals surface area contributed by atoms with Gasteiger partial charge in [0.2, 0.25) is 0 Å². The van der Waals surface area contributed by atoms with Crippen molar-refractivity contribution in [1.29, 1.82) is 0 Å². The second-order valence-electron chi connectivity index (χ2n) is 6.94. The number of carbonyl (C=O) groups is 1. The zero-order valence-corrected chi connectivity index (χ0v) is 16.2. The molecule has 1 heterocycles. The zero-order chi connectivity index (χ0) is 19.1. The summed E-state index contributed by atoms with van der Waals surface area (Å²) in [5, 5.41) is 4.20. The molecule has 0 radical (unpaired) electrons. The lowest BCUT2D eigenvalue weighted by Gasteiger charge is -2.12. The van der Waals surface area contributed by atoms with Crippen molar-refractivity contribution in [2.24, 2.45) is 5.92 Å². The summed E-state index contributed by atoms with van der Waals surface area (Å²) in [6, 6.07) is 5.88. The highest BCUT2D eigenvalue weighted by molar-refractivity contribution is 6.06. The average molecular weight is 356 g/mol. The molecule has 0 amide bonds. The molecule has 0 unspecified atom stereocenters. The maximum absolute atomic E-state index is 12.3. The van der Waals surface area contributed by atoms with Crippen LogP contribution < -0.4 is 9.47 Å². The Morgan fingerprint density at radius 1 is 1.23 bits per heavy atom. The largest absolute Gasteiger partial charge is 0.493 e. The number of ketones is 1. The van der Waals surface area contributed by atoms with Crippen LogP contribution in [0.4, 0.5) is 0 Å². The maximum Gasteiger partial charge on any atom is 0.189 e. The molecule has 0 aliphatic rings. The summed E-state index contributed by atoms with van der Waals surface area (Å²) in [4.78, 5) is 12.3. The van der Waals surface area contributed by atoms with Crippen LogP contribution in [0, 0.1) is 5.92 Å². The summed E-state index contributed by atoms with van der Waals surface area (Å²) in [5.41, 5.74) is 1.46. The van der Waals surface area contributed by atoms with Crippen LogP contribution in [-0.4, -0.2) is 29.3 Å². The first-order valence-corrected chi connectivity index (χ1v) is 8.98. The summed E-state index contributed by atoms with van der Waals surface area (Å²) in [6.07, 6.45) is 7.68. The van der Waals surface area contributed by atoms with Crippen molar-refractivity contribution in [3.63, 3.8) is 0 Å². The highest BCUT2D eigenvalue weighted by atomic mass is 16.5. The number of hydrogen-bond acceptors (Lipinski definition) is 4. The van der Waals surface area contributed by atoms with E-state index in [-0.39, 0.29) is 11.8 Å². The summed E-state index contributed by atoms with van der Waals surface area (Å²) in [6.45, 7) is 9.02. The van der Waals surface area contributed by atoms with E-state index in [0.717, 1.165) is 17.7 Å². The summed E-state index contributed by atoms with van der Waals surface area (Å²) < 4.78 is 13.0. The molecule has 0 fully saturated rings. The van der Waals surface area contributed by atoms with E-state index in [9.17, 15) is 4.79 Å². The molecule has 0 atom stereocenters. The van der Waals surface area contributed by atoms with Gasteiger partial charge in [-0.3, -0.25) is 9.48 Å². The van der Waals surface area contributed by atoms with Crippen LogP contribution >= 0.6 is 0 Å². The number of methoxy groups -OCH3 is 1. The second kappa shape index (κ2) is 9.22. The van der Waals surface area contributed by atoms with E-state index in [1.807, 2.05) is 32.0 Å². The van der Waals surface area contributed by atoms with Crippen molar-refractivity contribution in [3.8, 4) is 11.5 Å². The fourth-order valence-corrected chi connectivity index (χ4v) is 2.33. The molecule has 0 aliphatic heterocycles. The Hall–Kier alpha value is -2.56. The molecule has 0 aliphatic carbocycles. The third-order valence-corrected chi connectivity index (χ3v) is 3.98. The minimum Gasteiger partial charge on any atom is -0.493 e. The maximum atomic E-state index is 12.3. The van der Waals surface area contributed by atoms with Crippen LogP contribution in [0.1, 0.15) is 56.1 Å². The second-order valence-corrected chi connectivity index (χ2v) is 6.94. The fraction of sp³-hybridized carbons (Fsp3) is 0.429. The number of benzene rings is 1. The minimum absolute atomic E-state index is 0.0758. The number of rotatable bonds is 9. The van der Waals surface area contributed by atoms with Gasteiger partial charge in [0.15, 0.2) is 17.3 Å². The van der Waals surface area contributed by atoms with Crippen molar-refractivity contribution < 1.29 is 14.3 Å². The van der Waals surface area contributed by atoms with Crippen LogP contribution in [0.25, 0.3) is 6.08 Å². The Morgan fingerprint density at radius 3 is 2.62 bits per heavy atom. The van der Waals surface area contributed by atoms with E-state index in [0.29, 0.717) is 23.8 Å². The summed E-state index contributed by atoms with van der Waals surface area (Å²) in [7, 11) is 1.61. The molecule has 140 valence electrons. The predicted molar refractivity (Wildman–Crippen MR) is 104 cm³/mol. The standard InChI is InChI=1S/C21H28N2O3/c1-15(2)10-11-26-20-9-7-17(12-21(20)25-5)6-8-19(24)18-13-22-23(14-18)16(3)4/h6-9,12-16H,10-11H2,1-5H3. The molecule has 2 aromatic rings. The molecule has 5 heteroatoms. The number of nitrogens with zero attached hydrogens (tertiary/aromatic N) is 2. The molecule has 0 N–H and O–H groups in total. The smallest absolute Gasteiger partial charge is 0.189 e. The van der Waals surface area contributed by atoms with Gasteiger partial charge in [-0.05, 0) is 50.0 Å². The topological polar surface area (TPSA) is 53.3 Å². The van der Waals surface area contributed by atoms with E-state index in [1.165, 1.54) is 0 Å². The Bertz CT molecular complexity index is 760. The van der Waals surface area contributed by atoms with Gasteiger partial charge in [-0.25, -0.2) is 0 Å². The Morgan fingerprint density at radius 2 is 2.00 bits per heavy atom. The number of allylic oxidation sites excluding steroid dienone is 1. The third kappa shape index (κ3) is 5.48. The molecule has 1 aromatic heterocycles. The number of hydrogen-bond donors (Lipinski definition) is 0. The SMILES string of the molecule is COc1cc(C=CC(=O)c2cnn(C(C)C)c2)ccc1OCCC(C)C. The van der Waals surface area contributed by atoms with Gasteiger partial charge in [0.1, 0.15) is 0 Å². The highest BCUT2D eigenvalue weighted by Gasteiger charge is 2.08. The molecule has 5 nitrogen and oxygen atoms in total. The Kier molecular flexibility index (Phi) is 7.01. The predicted octanol–water partition coefficient (Wildman–Crippen LogP) is 4.79. The molecule has 0 bridgehead atoms. The van der Waals surface area contributed by atoms with Crippen LogP contribution in [0.3, 0.4) is 0 Å². The molecule has 26 heavy (non-hydrogen) atoms. The van der Waals surface area contributed by atoms with Gasteiger partial charge in [0.05, 0.1) is 25.5 Å². The monoisotopic (exact) mass is 356 g/mol. The molecular formula is C21H28N2O3. The number of carbonyl (C=O) groups excluding carboxylic acids is 1. The highest BCUT2D eigenvalue weighted by Crippen LogP contribution is 2.29. The molecule has 2 rings (SSSR count). The fourth-order valence-electron chi connectivity index (χ4n) is 2.33. The zero-order valence-electron chi connectivity index (χ0n) is 16.2.